The summed E-state index contributed by atoms with van der Waals surface area (Å²) in [5.41, 5.74) is 0.266. The molecule has 17 heavy (non-hydrogen) atoms. The third-order valence-electron chi connectivity index (χ3n) is 3.20. The Morgan fingerprint density at radius 3 is 1.82 bits per heavy atom. The highest BCUT2D eigenvalue weighted by atomic mass is 15.0. The molecule has 1 heteroatoms. The van der Waals surface area contributed by atoms with E-state index in [-0.39, 0.29) is 5.54 Å². The van der Waals surface area contributed by atoms with Gasteiger partial charge in [0.2, 0.25) is 0 Å². The highest BCUT2D eigenvalue weighted by molar-refractivity contribution is 4.77. The fraction of sp³-hybridized carbons (Fsp3) is 1.00. The highest BCUT2D eigenvalue weighted by Crippen LogP contribution is 2.14. The first-order chi connectivity index (χ1) is 7.99. The van der Waals surface area contributed by atoms with Gasteiger partial charge in [0.25, 0.3) is 0 Å². The van der Waals surface area contributed by atoms with Gasteiger partial charge >= 0.3 is 0 Å². The van der Waals surface area contributed by atoms with Crippen molar-refractivity contribution < 1.29 is 0 Å². The van der Waals surface area contributed by atoms with E-state index in [1.807, 2.05) is 0 Å². The molecule has 0 aromatic carbocycles. The van der Waals surface area contributed by atoms with Gasteiger partial charge < -0.3 is 5.32 Å². The number of hydrogen-bond donors (Lipinski definition) is 1. The molecule has 1 unspecified atom stereocenters. The molecular formula is C16H35N. The van der Waals surface area contributed by atoms with E-state index in [9.17, 15) is 0 Å². The first-order valence-electron chi connectivity index (χ1n) is 7.77. The third-order valence-corrected chi connectivity index (χ3v) is 3.20. The quantitative estimate of drug-likeness (QED) is 0.512. The summed E-state index contributed by atoms with van der Waals surface area (Å²) >= 11 is 0. The number of hydrogen-bond acceptors (Lipinski definition) is 1. The molecule has 0 rings (SSSR count). The van der Waals surface area contributed by atoms with Crippen LogP contribution in [0.5, 0.6) is 0 Å². The van der Waals surface area contributed by atoms with Gasteiger partial charge in [-0.2, -0.15) is 0 Å². The van der Waals surface area contributed by atoms with Crippen molar-refractivity contribution in [1.82, 2.24) is 5.32 Å². The van der Waals surface area contributed by atoms with Crippen molar-refractivity contribution in [3.63, 3.8) is 0 Å². The lowest BCUT2D eigenvalue weighted by molar-refractivity contribution is 0.320. The lowest BCUT2D eigenvalue weighted by Crippen LogP contribution is -2.43. The fourth-order valence-electron chi connectivity index (χ4n) is 2.35. The Hall–Kier alpha value is -0.0400. The van der Waals surface area contributed by atoms with Crippen molar-refractivity contribution in [2.75, 3.05) is 0 Å². The zero-order valence-corrected chi connectivity index (χ0v) is 12.9. The minimum Gasteiger partial charge on any atom is -0.309 e. The van der Waals surface area contributed by atoms with E-state index in [2.05, 4.69) is 39.9 Å². The second-order valence-corrected chi connectivity index (χ2v) is 6.44. The Kier molecular flexibility index (Phi) is 9.91. The molecule has 0 spiro atoms. The summed E-state index contributed by atoms with van der Waals surface area (Å²) in [5.74, 6) is 0. The van der Waals surface area contributed by atoms with Gasteiger partial charge in [-0.05, 0) is 33.6 Å². The molecule has 0 aliphatic heterocycles. The van der Waals surface area contributed by atoms with Gasteiger partial charge in [0.1, 0.15) is 0 Å². The van der Waals surface area contributed by atoms with E-state index in [0.29, 0.717) is 0 Å². The van der Waals surface area contributed by atoms with Gasteiger partial charge in [-0.1, -0.05) is 58.8 Å². The largest absolute Gasteiger partial charge is 0.309 e. The summed E-state index contributed by atoms with van der Waals surface area (Å²) in [7, 11) is 0. The predicted molar refractivity (Wildman–Crippen MR) is 79.6 cm³/mol. The molecule has 0 fully saturated rings. The standard InChI is InChI=1S/C16H35N/c1-6-8-10-11-12-14-15(13-9-7-2)17-16(3,4)5/h15,17H,6-14H2,1-5H3. The van der Waals surface area contributed by atoms with Crippen LogP contribution in [-0.4, -0.2) is 11.6 Å². The Balaban J connectivity index is 3.77. The van der Waals surface area contributed by atoms with E-state index in [4.69, 9.17) is 0 Å². The van der Waals surface area contributed by atoms with Crippen LogP contribution in [0.4, 0.5) is 0 Å². The Bertz CT molecular complexity index is 157. The van der Waals surface area contributed by atoms with Crippen molar-refractivity contribution in [2.45, 2.75) is 104 Å². The van der Waals surface area contributed by atoms with Crippen molar-refractivity contribution in [1.29, 1.82) is 0 Å². The van der Waals surface area contributed by atoms with Crippen LogP contribution in [0.1, 0.15) is 92.4 Å². The van der Waals surface area contributed by atoms with Gasteiger partial charge in [-0.15, -0.1) is 0 Å². The molecule has 104 valence electrons. The molecule has 0 saturated heterocycles. The van der Waals surface area contributed by atoms with Crippen LogP contribution in [0, 0.1) is 0 Å². The molecule has 0 bridgehead atoms. The summed E-state index contributed by atoms with van der Waals surface area (Å²) in [6, 6.07) is 0.733. The Labute approximate surface area is 110 Å². The maximum atomic E-state index is 3.78. The number of rotatable bonds is 10. The summed E-state index contributed by atoms with van der Waals surface area (Å²) in [6.07, 6.45) is 12.4. The van der Waals surface area contributed by atoms with Gasteiger partial charge in [-0.25, -0.2) is 0 Å². The van der Waals surface area contributed by atoms with Crippen molar-refractivity contribution in [3.05, 3.63) is 0 Å². The van der Waals surface area contributed by atoms with E-state index in [0.717, 1.165) is 6.04 Å². The number of nitrogens with one attached hydrogen (secondary N) is 1. The molecule has 0 radical (unpaired) electrons. The van der Waals surface area contributed by atoms with Gasteiger partial charge in [0.15, 0.2) is 0 Å². The minimum atomic E-state index is 0.266. The molecule has 0 aliphatic carbocycles. The van der Waals surface area contributed by atoms with Crippen molar-refractivity contribution in [3.8, 4) is 0 Å². The minimum absolute atomic E-state index is 0.266. The molecule has 0 heterocycles. The zero-order valence-electron chi connectivity index (χ0n) is 12.9. The van der Waals surface area contributed by atoms with Crippen molar-refractivity contribution >= 4 is 0 Å². The first kappa shape index (κ1) is 17.0. The average molecular weight is 241 g/mol. The first-order valence-corrected chi connectivity index (χ1v) is 7.77. The van der Waals surface area contributed by atoms with Crippen LogP contribution in [0.15, 0.2) is 0 Å². The molecule has 0 amide bonds. The highest BCUT2D eigenvalue weighted by Gasteiger charge is 2.16. The molecule has 1 N–H and O–H groups in total. The maximum absolute atomic E-state index is 3.78. The second kappa shape index (κ2) is 9.94. The van der Waals surface area contributed by atoms with Crippen LogP contribution in [0.2, 0.25) is 0 Å². The normalized spacial score (nSPS) is 13.9. The van der Waals surface area contributed by atoms with Crippen LogP contribution >= 0.6 is 0 Å². The molecule has 1 atom stereocenters. The van der Waals surface area contributed by atoms with E-state index >= 15 is 0 Å². The Morgan fingerprint density at radius 1 is 0.765 bits per heavy atom. The lowest BCUT2D eigenvalue weighted by atomic mass is 9.98. The van der Waals surface area contributed by atoms with E-state index in [1.54, 1.807) is 0 Å². The molecule has 0 saturated carbocycles. The molecule has 1 nitrogen and oxygen atoms in total. The maximum Gasteiger partial charge on any atom is 0.00990 e. The van der Waals surface area contributed by atoms with Crippen LogP contribution < -0.4 is 5.32 Å². The third kappa shape index (κ3) is 12.2. The smallest absolute Gasteiger partial charge is 0.00990 e. The van der Waals surface area contributed by atoms with E-state index in [1.165, 1.54) is 57.8 Å². The average Bonchev–Trinajstić information content (AvgIpc) is 2.23. The zero-order chi connectivity index (χ0) is 13.1. The van der Waals surface area contributed by atoms with Crippen LogP contribution in [-0.2, 0) is 0 Å². The van der Waals surface area contributed by atoms with Crippen LogP contribution in [0.25, 0.3) is 0 Å². The predicted octanol–water partition coefficient (Wildman–Crippen LogP) is 5.29. The monoisotopic (exact) mass is 241 g/mol. The molecular weight excluding hydrogens is 206 g/mol. The summed E-state index contributed by atoms with van der Waals surface area (Å²) in [5, 5.41) is 3.78. The molecule has 0 aliphatic rings. The molecule has 0 aromatic rings. The summed E-state index contributed by atoms with van der Waals surface area (Å²) in [4.78, 5) is 0. The van der Waals surface area contributed by atoms with Gasteiger partial charge in [-0.3, -0.25) is 0 Å². The van der Waals surface area contributed by atoms with E-state index < -0.39 is 0 Å². The van der Waals surface area contributed by atoms with Gasteiger partial charge in [0.05, 0.1) is 0 Å². The Morgan fingerprint density at radius 2 is 1.29 bits per heavy atom. The molecule has 0 aromatic heterocycles. The van der Waals surface area contributed by atoms with Crippen LogP contribution in [0.3, 0.4) is 0 Å². The van der Waals surface area contributed by atoms with Gasteiger partial charge in [0, 0.05) is 11.6 Å². The summed E-state index contributed by atoms with van der Waals surface area (Å²) < 4.78 is 0. The lowest BCUT2D eigenvalue weighted by Gasteiger charge is -2.28. The second-order valence-electron chi connectivity index (χ2n) is 6.44. The fourth-order valence-corrected chi connectivity index (χ4v) is 2.35. The van der Waals surface area contributed by atoms with Crippen molar-refractivity contribution in [2.24, 2.45) is 0 Å². The SMILES string of the molecule is CCCCCCCC(CCCC)NC(C)(C)C. The summed E-state index contributed by atoms with van der Waals surface area (Å²) in [6.45, 7) is 11.4. The number of unbranched alkanes of at least 4 members (excludes halogenated alkanes) is 5. The topological polar surface area (TPSA) is 12.0 Å².